The number of carbonyl (C=O) groups excluding carboxylic acids is 1. The van der Waals surface area contributed by atoms with Crippen molar-refractivity contribution in [3.8, 4) is 34.9 Å². The summed E-state index contributed by atoms with van der Waals surface area (Å²) in [7, 11) is 1.36. The second-order valence-electron chi connectivity index (χ2n) is 7.91. The van der Waals surface area contributed by atoms with Crippen molar-refractivity contribution in [1.82, 2.24) is 19.6 Å². The Bertz CT molecular complexity index is 1640. The van der Waals surface area contributed by atoms with Crippen molar-refractivity contribution in [3.63, 3.8) is 0 Å². The van der Waals surface area contributed by atoms with Crippen molar-refractivity contribution in [3.05, 3.63) is 69.6 Å². The Kier molecular flexibility index (Phi) is 7.12. The highest BCUT2D eigenvalue weighted by Crippen LogP contribution is 2.38. The Balaban J connectivity index is 2.07. The summed E-state index contributed by atoms with van der Waals surface area (Å²) in [6.07, 6.45) is 1.24. The number of oxazole rings is 1. The largest absolute Gasteiger partial charge is 0.494 e. The number of hydrogen-bond donors (Lipinski definition) is 1. The van der Waals surface area contributed by atoms with E-state index in [9.17, 15) is 22.8 Å². The fourth-order valence-corrected chi connectivity index (χ4v) is 3.92. The summed E-state index contributed by atoms with van der Waals surface area (Å²) in [6, 6.07) is 7.66. The molecule has 0 saturated carbocycles. The first kappa shape index (κ1) is 26.3. The Hall–Kier alpha value is -4.79. The zero-order valence-corrected chi connectivity index (χ0v) is 20.5. The smallest absolute Gasteiger partial charge is 0.433 e. The van der Waals surface area contributed by atoms with Crippen molar-refractivity contribution < 1.29 is 31.9 Å². The van der Waals surface area contributed by atoms with Gasteiger partial charge in [0.05, 0.1) is 31.4 Å². The van der Waals surface area contributed by atoms with Crippen LogP contribution >= 0.6 is 0 Å². The van der Waals surface area contributed by atoms with Gasteiger partial charge in [-0.25, -0.2) is 9.97 Å². The fraction of sp³-hybridized carbons (Fsp3) is 0.231. The maximum atomic E-state index is 14.1. The topological polar surface area (TPSA) is 112 Å². The molecular weight excluding hydrogens is 505 g/mol. The third kappa shape index (κ3) is 4.78. The van der Waals surface area contributed by atoms with Crippen LogP contribution in [0.25, 0.3) is 34.0 Å². The molecule has 38 heavy (non-hydrogen) atoms. The van der Waals surface area contributed by atoms with Crippen molar-refractivity contribution in [2.45, 2.75) is 26.4 Å². The van der Waals surface area contributed by atoms with E-state index in [2.05, 4.69) is 21.0 Å². The number of methoxy groups -OCH3 is 1. The molecule has 0 aliphatic carbocycles. The summed E-state index contributed by atoms with van der Waals surface area (Å²) in [6.45, 7) is 3.17. The standard InChI is InChI=1S/C26H21F3N4O5/c1-5-10-17(36-4)21-14(3)38-24(31-21)20-16(13-18(34)37-6-2)30-23-19(15-11-8-7-9-12-15)22(26(27,28)29)32-33(23)25(20)35/h1,7-12,32H,6,13H2,2-4H3/b17-10+. The molecule has 3 heterocycles. The SMILES string of the molecule is C#C/C=C(/OC)c1nc(-c2c(CC(=O)OCC)nc3c(-c4ccccc4)c(C(F)(F)F)[nH]n3c2=O)oc1C. The van der Waals surface area contributed by atoms with Crippen LogP contribution in [0.1, 0.15) is 29.8 Å². The number of fused-ring (bicyclic) bond motifs is 1. The van der Waals surface area contributed by atoms with E-state index >= 15 is 0 Å². The van der Waals surface area contributed by atoms with Crippen LogP contribution in [-0.4, -0.2) is 39.3 Å². The molecule has 0 spiro atoms. The minimum Gasteiger partial charge on any atom is -0.494 e. The number of alkyl halides is 3. The maximum absolute atomic E-state index is 14.1. The molecule has 0 saturated heterocycles. The van der Waals surface area contributed by atoms with Gasteiger partial charge in [0.25, 0.3) is 5.56 Å². The number of aryl methyl sites for hydroxylation is 1. The van der Waals surface area contributed by atoms with Gasteiger partial charge in [-0.3, -0.25) is 14.7 Å². The van der Waals surface area contributed by atoms with E-state index in [0.717, 1.165) is 0 Å². The summed E-state index contributed by atoms with van der Waals surface area (Å²) >= 11 is 0. The predicted octanol–water partition coefficient (Wildman–Crippen LogP) is 4.40. The number of ether oxygens (including phenoxy) is 2. The maximum Gasteiger partial charge on any atom is 0.433 e. The summed E-state index contributed by atoms with van der Waals surface area (Å²) in [5.41, 5.74) is -3.00. The number of aromatic amines is 1. The van der Waals surface area contributed by atoms with Gasteiger partial charge in [-0.2, -0.15) is 17.7 Å². The molecule has 0 amide bonds. The number of hydrogen-bond acceptors (Lipinski definition) is 7. The summed E-state index contributed by atoms with van der Waals surface area (Å²) in [5, 5.41) is 2.13. The Morgan fingerprint density at radius 1 is 1.24 bits per heavy atom. The van der Waals surface area contributed by atoms with Gasteiger partial charge in [0.15, 0.2) is 11.4 Å². The Morgan fingerprint density at radius 3 is 2.55 bits per heavy atom. The van der Waals surface area contributed by atoms with Crippen LogP contribution in [-0.2, 0) is 26.9 Å². The molecular formula is C26H21F3N4O5. The third-order valence-electron chi connectivity index (χ3n) is 5.50. The molecule has 3 aromatic heterocycles. The van der Waals surface area contributed by atoms with E-state index in [1.54, 1.807) is 25.1 Å². The highest BCUT2D eigenvalue weighted by atomic mass is 19.4. The average Bonchev–Trinajstić information content (AvgIpc) is 3.44. The first-order valence-electron chi connectivity index (χ1n) is 11.2. The normalized spacial score (nSPS) is 12.0. The number of allylic oxidation sites excluding steroid dienone is 1. The molecule has 196 valence electrons. The zero-order valence-electron chi connectivity index (χ0n) is 20.5. The van der Waals surface area contributed by atoms with Gasteiger partial charge in [0.2, 0.25) is 5.89 Å². The zero-order chi connectivity index (χ0) is 27.6. The number of aromatic nitrogens is 4. The summed E-state index contributed by atoms with van der Waals surface area (Å²) in [5.74, 6) is 1.64. The molecule has 0 aliphatic heterocycles. The van der Waals surface area contributed by atoms with Gasteiger partial charge in [-0.1, -0.05) is 36.3 Å². The number of H-pyrrole nitrogens is 1. The summed E-state index contributed by atoms with van der Waals surface area (Å²) in [4.78, 5) is 34.7. The number of halogens is 3. The van der Waals surface area contributed by atoms with E-state index in [1.807, 2.05) is 0 Å². The van der Waals surface area contributed by atoms with Crippen LogP contribution < -0.4 is 5.56 Å². The molecule has 0 aliphatic rings. The highest BCUT2D eigenvalue weighted by molar-refractivity contribution is 5.82. The second kappa shape index (κ2) is 10.3. The van der Waals surface area contributed by atoms with E-state index < -0.39 is 29.8 Å². The number of terminal acetylenes is 1. The minimum absolute atomic E-state index is 0.0450. The Labute approximate surface area is 213 Å². The molecule has 1 N–H and O–H groups in total. The molecule has 0 unspecified atom stereocenters. The molecule has 1 aromatic carbocycles. The molecule has 0 fully saturated rings. The highest BCUT2D eigenvalue weighted by Gasteiger charge is 2.39. The molecule has 0 bridgehead atoms. The van der Waals surface area contributed by atoms with Gasteiger partial charge in [0.1, 0.15) is 22.7 Å². The monoisotopic (exact) mass is 526 g/mol. The van der Waals surface area contributed by atoms with Gasteiger partial charge < -0.3 is 13.9 Å². The number of carbonyl (C=O) groups is 1. The molecule has 0 radical (unpaired) electrons. The van der Waals surface area contributed by atoms with Crippen LogP contribution in [0.3, 0.4) is 0 Å². The number of nitrogens with zero attached hydrogens (tertiary/aromatic N) is 3. The van der Waals surface area contributed by atoms with Gasteiger partial charge in [-0.05, 0) is 19.4 Å². The number of rotatable bonds is 7. The van der Waals surface area contributed by atoms with Crippen molar-refractivity contribution in [1.29, 1.82) is 0 Å². The molecule has 0 atom stereocenters. The van der Waals surface area contributed by atoms with Crippen LogP contribution in [0, 0.1) is 19.3 Å². The number of benzene rings is 1. The number of nitrogens with one attached hydrogen (secondary N) is 1. The quantitative estimate of drug-likeness (QED) is 0.216. The van der Waals surface area contributed by atoms with E-state index in [-0.39, 0.29) is 57.7 Å². The average molecular weight is 526 g/mol. The molecule has 9 nitrogen and oxygen atoms in total. The van der Waals surface area contributed by atoms with E-state index in [0.29, 0.717) is 4.52 Å². The third-order valence-corrected chi connectivity index (χ3v) is 5.50. The van der Waals surface area contributed by atoms with Gasteiger partial charge >= 0.3 is 12.1 Å². The van der Waals surface area contributed by atoms with Crippen molar-refractivity contribution in [2.24, 2.45) is 0 Å². The van der Waals surface area contributed by atoms with E-state index in [1.165, 1.54) is 32.2 Å². The first-order valence-corrected chi connectivity index (χ1v) is 11.2. The van der Waals surface area contributed by atoms with Crippen LogP contribution in [0.15, 0.2) is 45.6 Å². The molecule has 4 aromatic rings. The lowest BCUT2D eigenvalue weighted by Crippen LogP contribution is -2.22. The van der Waals surface area contributed by atoms with Crippen molar-refractivity contribution in [2.75, 3.05) is 13.7 Å². The second-order valence-corrected chi connectivity index (χ2v) is 7.91. The summed E-state index contributed by atoms with van der Waals surface area (Å²) < 4.78 is 58.8. The van der Waals surface area contributed by atoms with Crippen LogP contribution in [0.4, 0.5) is 13.2 Å². The lowest BCUT2D eigenvalue weighted by Gasteiger charge is -2.08. The lowest BCUT2D eigenvalue weighted by molar-refractivity contribution is -0.142. The molecule has 12 heteroatoms. The predicted molar refractivity (Wildman–Crippen MR) is 131 cm³/mol. The molecule has 4 rings (SSSR count). The first-order chi connectivity index (χ1) is 18.1. The van der Waals surface area contributed by atoms with Crippen LogP contribution in [0.5, 0.6) is 0 Å². The fourth-order valence-electron chi connectivity index (χ4n) is 3.92. The minimum atomic E-state index is -4.85. The lowest BCUT2D eigenvalue weighted by atomic mass is 10.1. The van der Waals surface area contributed by atoms with Crippen molar-refractivity contribution >= 4 is 17.4 Å². The Morgan fingerprint density at radius 2 is 1.95 bits per heavy atom. The van der Waals surface area contributed by atoms with Crippen LogP contribution in [0.2, 0.25) is 0 Å². The number of esters is 1. The van der Waals surface area contributed by atoms with Gasteiger partial charge in [-0.15, -0.1) is 6.42 Å². The van der Waals surface area contributed by atoms with E-state index in [4.69, 9.17) is 20.3 Å². The van der Waals surface area contributed by atoms with Gasteiger partial charge in [0, 0.05) is 6.08 Å².